The van der Waals surface area contributed by atoms with Crippen molar-refractivity contribution in [1.82, 2.24) is 0 Å². The van der Waals surface area contributed by atoms with Crippen LogP contribution < -0.4 is 20.1 Å². The predicted octanol–water partition coefficient (Wildman–Crippen LogP) is 4.23. The number of methoxy groups -OCH3 is 1. The normalized spacial score (nSPS) is 16.9. The van der Waals surface area contributed by atoms with Gasteiger partial charge < -0.3 is 15.2 Å². The Morgan fingerprint density at radius 2 is 1.81 bits per heavy atom. The quantitative estimate of drug-likeness (QED) is 0.838. The summed E-state index contributed by atoms with van der Waals surface area (Å²) < 4.78 is 11.6. The van der Waals surface area contributed by atoms with Gasteiger partial charge in [-0.2, -0.15) is 0 Å². The first kappa shape index (κ1) is 16.5. The Labute approximate surface area is 153 Å². The number of hydrogen-bond acceptors (Lipinski definition) is 4. The molecule has 2 aliphatic rings. The van der Waals surface area contributed by atoms with Gasteiger partial charge in [0.15, 0.2) is 11.5 Å². The van der Waals surface area contributed by atoms with E-state index < -0.39 is 0 Å². The number of rotatable bonds is 4. The molecule has 2 aromatic rings. The summed E-state index contributed by atoms with van der Waals surface area (Å²) in [7, 11) is 1.59. The van der Waals surface area contributed by atoms with Crippen LogP contribution >= 0.6 is 0 Å². The van der Waals surface area contributed by atoms with E-state index in [0.717, 1.165) is 18.4 Å². The zero-order chi connectivity index (χ0) is 18.3. The lowest BCUT2D eigenvalue weighted by Gasteiger charge is -2.23. The molecular formula is C21H22N2O3. The molecule has 5 heteroatoms. The molecule has 1 amide bonds. The Balaban J connectivity index is 1.75. The summed E-state index contributed by atoms with van der Waals surface area (Å²) in [5, 5.41) is 0. The maximum Gasteiger partial charge on any atom is 0.263 e. The van der Waals surface area contributed by atoms with Crippen LogP contribution in [0.5, 0.6) is 11.5 Å². The van der Waals surface area contributed by atoms with Gasteiger partial charge in [-0.05, 0) is 31.7 Å². The third-order valence-electron chi connectivity index (χ3n) is 5.09. The van der Waals surface area contributed by atoms with E-state index in [1.54, 1.807) is 30.2 Å². The first-order chi connectivity index (χ1) is 12.6. The molecule has 4 rings (SSSR count). The molecule has 1 fully saturated rings. The Morgan fingerprint density at radius 3 is 2.46 bits per heavy atom. The van der Waals surface area contributed by atoms with Crippen LogP contribution in [-0.2, 0) is 0 Å². The highest BCUT2D eigenvalue weighted by molar-refractivity contribution is 6.23. The van der Waals surface area contributed by atoms with Crippen LogP contribution in [0, 0.1) is 0 Å². The fraction of sp³-hybridized carbons (Fsp3) is 0.286. The van der Waals surface area contributed by atoms with Crippen molar-refractivity contribution in [2.45, 2.75) is 31.8 Å². The average molecular weight is 350 g/mol. The second-order valence-electron chi connectivity index (χ2n) is 6.72. The lowest BCUT2D eigenvalue weighted by molar-refractivity contribution is 0.101. The van der Waals surface area contributed by atoms with Crippen LogP contribution in [0.1, 0.15) is 41.6 Å². The van der Waals surface area contributed by atoms with E-state index in [9.17, 15) is 4.79 Å². The summed E-state index contributed by atoms with van der Waals surface area (Å²) in [6, 6.07) is 10.9. The highest BCUT2D eigenvalue weighted by Crippen LogP contribution is 2.43. The molecule has 0 bridgehead atoms. The van der Waals surface area contributed by atoms with Gasteiger partial charge in [0.2, 0.25) is 0 Å². The molecule has 0 atom stereocenters. The third-order valence-corrected chi connectivity index (χ3v) is 5.09. The number of anilines is 2. The number of amides is 1. The van der Waals surface area contributed by atoms with E-state index >= 15 is 0 Å². The highest BCUT2D eigenvalue weighted by atomic mass is 16.5. The van der Waals surface area contributed by atoms with E-state index in [-0.39, 0.29) is 12.0 Å². The van der Waals surface area contributed by atoms with Gasteiger partial charge >= 0.3 is 0 Å². The molecule has 0 aromatic heterocycles. The fourth-order valence-electron chi connectivity index (χ4n) is 3.74. The van der Waals surface area contributed by atoms with E-state index in [4.69, 9.17) is 15.2 Å². The molecular weight excluding hydrogens is 328 g/mol. The number of nitrogen functional groups attached to an aromatic ring is 1. The molecule has 2 aromatic carbocycles. The van der Waals surface area contributed by atoms with Crippen molar-refractivity contribution in [3.63, 3.8) is 0 Å². The zero-order valence-electron chi connectivity index (χ0n) is 14.8. The lowest BCUT2D eigenvalue weighted by atomic mass is 10.1. The van der Waals surface area contributed by atoms with Gasteiger partial charge in [0, 0.05) is 23.3 Å². The largest absolute Gasteiger partial charge is 0.493 e. The maximum absolute atomic E-state index is 12.9. The molecule has 1 aliphatic heterocycles. The van der Waals surface area contributed by atoms with E-state index in [1.165, 1.54) is 12.8 Å². The van der Waals surface area contributed by atoms with Gasteiger partial charge in [-0.3, -0.25) is 9.69 Å². The van der Waals surface area contributed by atoms with Gasteiger partial charge in [-0.25, -0.2) is 0 Å². The van der Waals surface area contributed by atoms with Gasteiger partial charge in [-0.15, -0.1) is 0 Å². The minimum atomic E-state index is -0.130. The van der Waals surface area contributed by atoms with Crippen LogP contribution in [0.4, 0.5) is 11.4 Å². The molecule has 0 unspecified atom stereocenters. The second kappa shape index (κ2) is 6.41. The number of ether oxygens (including phenoxy) is 2. The van der Waals surface area contributed by atoms with Gasteiger partial charge in [0.1, 0.15) is 0 Å². The van der Waals surface area contributed by atoms with Crippen LogP contribution in [-0.4, -0.2) is 19.1 Å². The summed E-state index contributed by atoms with van der Waals surface area (Å²) in [5.41, 5.74) is 9.34. The van der Waals surface area contributed by atoms with Crippen molar-refractivity contribution in [1.29, 1.82) is 0 Å². The van der Waals surface area contributed by atoms with Crippen molar-refractivity contribution < 1.29 is 14.3 Å². The van der Waals surface area contributed by atoms with Crippen LogP contribution in [0.2, 0.25) is 0 Å². The SMILES string of the molecule is C=C1c2ccccc2C(=O)N1c1cc(OC2CCCC2)c(OC)cc1N. The van der Waals surface area contributed by atoms with Gasteiger partial charge in [-0.1, -0.05) is 24.8 Å². The number of carbonyl (C=O) groups excluding carboxylic acids is 1. The monoisotopic (exact) mass is 350 g/mol. The van der Waals surface area contributed by atoms with Crippen LogP contribution in [0.25, 0.3) is 5.70 Å². The number of fused-ring (bicyclic) bond motifs is 1. The molecule has 134 valence electrons. The maximum atomic E-state index is 12.9. The molecule has 1 heterocycles. The lowest BCUT2D eigenvalue weighted by Crippen LogP contribution is -2.23. The Kier molecular flexibility index (Phi) is 4.07. The van der Waals surface area contributed by atoms with Crippen molar-refractivity contribution in [2.75, 3.05) is 17.7 Å². The summed E-state index contributed by atoms with van der Waals surface area (Å²) in [5.74, 6) is 1.06. The van der Waals surface area contributed by atoms with E-state index in [2.05, 4.69) is 6.58 Å². The molecule has 0 saturated heterocycles. The summed E-state index contributed by atoms with van der Waals surface area (Å²) in [6.07, 6.45) is 4.58. The van der Waals surface area contributed by atoms with Gasteiger partial charge in [0.25, 0.3) is 5.91 Å². The number of nitrogens with two attached hydrogens (primary N) is 1. The fourth-order valence-corrected chi connectivity index (χ4v) is 3.74. The predicted molar refractivity (Wildman–Crippen MR) is 103 cm³/mol. The van der Waals surface area contributed by atoms with Crippen LogP contribution in [0.15, 0.2) is 43.0 Å². The van der Waals surface area contributed by atoms with Crippen molar-refractivity contribution in [2.24, 2.45) is 0 Å². The minimum Gasteiger partial charge on any atom is -0.493 e. The number of benzene rings is 2. The van der Waals surface area contributed by atoms with Gasteiger partial charge in [0.05, 0.1) is 30.3 Å². The van der Waals surface area contributed by atoms with Crippen molar-refractivity contribution in [3.05, 3.63) is 54.1 Å². The Hall–Kier alpha value is -2.95. The standard InChI is InChI=1S/C21H22N2O3/c1-13-15-9-5-6-10-16(15)21(24)23(13)18-12-20(19(25-2)11-17(18)22)26-14-7-3-4-8-14/h5-6,9-12,14H,1,3-4,7-8,22H2,2H3. The molecule has 5 nitrogen and oxygen atoms in total. The van der Waals surface area contributed by atoms with E-state index in [0.29, 0.717) is 34.1 Å². The smallest absolute Gasteiger partial charge is 0.263 e. The highest BCUT2D eigenvalue weighted by Gasteiger charge is 2.33. The minimum absolute atomic E-state index is 0.130. The van der Waals surface area contributed by atoms with E-state index in [1.807, 2.05) is 18.2 Å². The number of carbonyl (C=O) groups is 1. The topological polar surface area (TPSA) is 64.8 Å². The zero-order valence-corrected chi connectivity index (χ0v) is 14.8. The van der Waals surface area contributed by atoms with Crippen molar-refractivity contribution in [3.8, 4) is 11.5 Å². The van der Waals surface area contributed by atoms with Crippen LogP contribution in [0.3, 0.4) is 0 Å². The molecule has 26 heavy (non-hydrogen) atoms. The summed E-state index contributed by atoms with van der Waals surface area (Å²) >= 11 is 0. The molecule has 2 N–H and O–H groups in total. The first-order valence-corrected chi connectivity index (χ1v) is 8.87. The average Bonchev–Trinajstić information content (AvgIpc) is 3.24. The molecule has 1 saturated carbocycles. The molecule has 0 spiro atoms. The Bertz CT molecular complexity index is 850. The molecule has 1 aliphatic carbocycles. The summed E-state index contributed by atoms with van der Waals surface area (Å²) in [6.45, 7) is 4.10. The second-order valence-corrected chi connectivity index (χ2v) is 6.72. The third kappa shape index (κ3) is 2.60. The van der Waals surface area contributed by atoms with Crippen molar-refractivity contribution >= 4 is 23.0 Å². The summed E-state index contributed by atoms with van der Waals surface area (Å²) in [4.78, 5) is 14.5. The molecule has 0 radical (unpaired) electrons. The first-order valence-electron chi connectivity index (χ1n) is 8.87. The Morgan fingerprint density at radius 1 is 1.12 bits per heavy atom. The number of nitrogens with zero attached hydrogens (tertiary/aromatic N) is 1. The number of hydrogen-bond donors (Lipinski definition) is 1.